The quantitative estimate of drug-likeness (QED) is 0.809. The van der Waals surface area contributed by atoms with Gasteiger partial charge in [-0.2, -0.15) is 5.01 Å². The number of nitrogens with one attached hydrogen (secondary N) is 2. The van der Waals surface area contributed by atoms with E-state index >= 15 is 0 Å². The number of aryl methyl sites for hydroxylation is 1. The first-order chi connectivity index (χ1) is 12.4. The lowest BCUT2D eigenvalue weighted by Gasteiger charge is -2.21. The van der Waals surface area contributed by atoms with Crippen molar-refractivity contribution >= 4 is 17.8 Å². The van der Waals surface area contributed by atoms with Crippen LogP contribution >= 0.6 is 0 Å². The molecule has 4 amide bonds. The molecule has 1 aliphatic heterocycles. The monoisotopic (exact) mass is 355 g/mol. The van der Waals surface area contributed by atoms with E-state index < -0.39 is 29.2 Å². The van der Waals surface area contributed by atoms with Crippen LogP contribution in [-0.4, -0.2) is 28.4 Å². The number of nitrogens with zero attached hydrogens (tertiary/aromatic N) is 1. The first kappa shape index (κ1) is 17.6. The van der Waals surface area contributed by atoms with Gasteiger partial charge in [-0.05, 0) is 49.6 Å². The average Bonchev–Trinajstić information content (AvgIpc) is 2.85. The molecule has 26 heavy (non-hydrogen) atoms. The Kier molecular flexibility index (Phi) is 4.71. The minimum Gasteiger partial charge on any atom is -0.322 e. The van der Waals surface area contributed by atoms with E-state index in [0.29, 0.717) is 17.9 Å². The molecule has 0 aromatic heterocycles. The van der Waals surface area contributed by atoms with Gasteiger partial charge in [-0.15, -0.1) is 0 Å². The molecule has 0 aliphatic carbocycles. The topological polar surface area (TPSA) is 78.5 Å². The Balaban J connectivity index is 1.67. The Morgan fingerprint density at radius 1 is 1.12 bits per heavy atom. The van der Waals surface area contributed by atoms with Gasteiger partial charge in [0.15, 0.2) is 0 Å². The van der Waals surface area contributed by atoms with Gasteiger partial charge in [-0.3, -0.25) is 15.0 Å². The third kappa shape index (κ3) is 3.56. The summed E-state index contributed by atoms with van der Waals surface area (Å²) in [5, 5.41) is 3.31. The molecule has 0 bridgehead atoms. The molecule has 2 N–H and O–H groups in total. The molecule has 3 rings (SSSR count). The van der Waals surface area contributed by atoms with Crippen molar-refractivity contribution < 1.29 is 18.8 Å². The normalized spacial score (nSPS) is 19.4. The van der Waals surface area contributed by atoms with Crippen molar-refractivity contribution in [2.45, 2.75) is 25.3 Å². The highest BCUT2D eigenvalue weighted by Gasteiger charge is 2.48. The molecule has 1 fully saturated rings. The number of benzene rings is 2. The van der Waals surface area contributed by atoms with E-state index in [9.17, 15) is 18.8 Å². The number of hydrazine groups is 1. The second kappa shape index (κ2) is 6.95. The summed E-state index contributed by atoms with van der Waals surface area (Å²) in [4.78, 5) is 37.0. The first-order valence-corrected chi connectivity index (χ1v) is 8.16. The van der Waals surface area contributed by atoms with Gasteiger partial charge in [0, 0.05) is 5.56 Å². The predicted octanol–water partition coefficient (Wildman–Crippen LogP) is 2.41. The molecule has 7 heteroatoms. The molecule has 1 heterocycles. The van der Waals surface area contributed by atoms with Crippen LogP contribution in [0.5, 0.6) is 0 Å². The van der Waals surface area contributed by atoms with Crippen molar-refractivity contribution in [1.29, 1.82) is 0 Å². The molecular weight excluding hydrogens is 337 g/mol. The Hall–Kier alpha value is -3.22. The summed E-state index contributed by atoms with van der Waals surface area (Å²) in [6.07, 6.45) is 0.994. The Morgan fingerprint density at radius 2 is 1.77 bits per heavy atom. The highest BCUT2D eigenvalue weighted by Crippen LogP contribution is 2.22. The van der Waals surface area contributed by atoms with Crippen molar-refractivity contribution in [3.05, 3.63) is 71.5 Å². The lowest BCUT2D eigenvalue weighted by atomic mass is 9.93. The molecule has 1 atom stereocenters. The molecular formula is C19H18FN3O3. The van der Waals surface area contributed by atoms with Gasteiger partial charge in [0.1, 0.15) is 11.4 Å². The second-order valence-corrected chi connectivity index (χ2v) is 6.34. The fourth-order valence-electron chi connectivity index (χ4n) is 2.76. The molecule has 6 nitrogen and oxygen atoms in total. The van der Waals surface area contributed by atoms with Crippen molar-refractivity contribution in [2.24, 2.45) is 0 Å². The molecule has 1 saturated heterocycles. The number of carbonyl (C=O) groups excluding carboxylic acids is 3. The first-order valence-electron chi connectivity index (χ1n) is 8.16. The number of amides is 4. The van der Waals surface area contributed by atoms with Crippen LogP contribution < -0.4 is 10.7 Å². The summed E-state index contributed by atoms with van der Waals surface area (Å²) < 4.78 is 12.9. The minimum absolute atomic E-state index is 0.143. The Labute approximate surface area is 150 Å². The molecule has 1 unspecified atom stereocenters. The standard InChI is InChI=1S/C19H18FN3O3/c1-19(12-11-13-5-3-2-4-6-13)17(25)23(18(26)21-19)22-16(24)14-7-9-15(20)10-8-14/h2-10H,11-12H2,1H3,(H,21,26)(H,22,24). The third-order valence-corrected chi connectivity index (χ3v) is 4.34. The van der Waals surface area contributed by atoms with Crippen molar-refractivity contribution in [1.82, 2.24) is 15.8 Å². The van der Waals surface area contributed by atoms with Crippen LogP contribution in [0.3, 0.4) is 0 Å². The van der Waals surface area contributed by atoms with Gasteiger partial charge in [0.05, 0.1) is 0 Å². The smallest absolute Gasteiger partial charge is 0.322 e. The van der Waals surface area contributed by atoms with Gasteiger partial charge in [0.2, 0.25) is 0 Å². The summed E-state index contributed by atoms with van der Waals surface area (Å²) in [5.74, 6) is -1.68. The fourth-order valence-corrected chi connectivity index (χ4v) is 2.76. The van der Waals surface area contributed by atoms with Crippen molar-refractivity contribution in [2.75, 3.05) is 0 Å². The van der Waals surface area contributed by atoms with E-state index in [0.717, 1.165) is 17.7 Å². The summed E-state index contributed by atoms with van der Waals surface area (Å²) in [6.45, 7) is 1.63. The molecule has 0 spiro atoms. The van der Waals surface area contributed by atoms with E-state index in [1.54, 1.807) is 6.92 Å². The zero-order valence-electron chi connectivity index (χ0n) is 14.2. The summed E-state index contributed by atoms with van der Waals surface area (Å²) in [6, 6.07) is 13.7. The largest absolute Gasteiger partial charge is 0.344 e. The zero-order chi connectivity index (χ0) is 18.7. The molecule has 0 saturated carbocycles. The van der Waals surface area contributed by atoms with Crippen LogP contribution in [0, 0.1) is 5.82 Å². The van der Waals surface area contributed by atoms with Crippen LogP contribution in [0.15, 0.2) is 54.6 Å². The number of rotatable bonds is 5. The number of halogens is 1. The Morgan fingerprint density at radius 3 is 2.42 bits per heavy atom. The maximum absolute atomic E-state index is 12.9. The maximum Gasteiger partial charge on any atom is 0.344 e. The molecule has 2 aromatic carbocycles. The van der Waals surface area contributed by atoms with Crippen LogP contribution in [0.2, 0.25) is 0 Å². The molecule has 134 valence electrons. The van der Waals surface area contributed by atoms with Gasteiger partial charge in [0.25, 0.3) is 11.8 Å². The average molecular weight is 355 g/mol. The van der Waals surface area contributed by atoms with Gasteiger partial charge in [-0.25, -0.2) is 9.18 Å². The molecule has 0 radical (unpaired) electrons. The number of urea groups is 1. The maximum atomic E-state index is 12.9. The van der Waals surface area contributed by atoms with E-state index in [4.69, 9.17) is 0 Å². The number of imide groups is 1. The predicted molar refractivity (Wildman–Crippen MR) is 92.4 cm³/mol. The Bertz CT molecular complexity index is 839. The summed E-state index contributed by atoms with van der Waals surface area (Å²) in [7, 11) is 0. The van der Waals surface area contributed by atoms with E-state index in [1.807, 2.05) is 30.3 Å². The highest BCUT2D eigenvalue weighted by molar-refractivity contribution is 6.09. The van der Waals surface area contributed by atoms with Crippen LogP contribution in [0.4, 0.5) is 9.18 Å². The summed E-state index contributed by atoms with van der Waals surface area (Å²) >= 11 is 0. The third-order valence-electron chi connectivity index (χ3n) is 4.34. The van der Waals surface area contributed by atoms with Gasteiger partial charge < -0.3 is 5.32 Å². The van der Waals surface area contributed by atoms with Gasteiger partial charge >= 0.3 is 6.03 Å². The fraction of sp³-hybridized carbons (Fsp3) is 0.211. The number of carbonyl (C=O) groups is 3. The van der Waals surface area contributed by atoms with E-state index in [-0.39, 0.29) is 5.56 Å². The zero-order valence-corrected chi connectivity index (χ0v) is 14.2. The summed E-state index contributed by atoms with van der Waals surface area (Å²) in [5.41, 5.74) is 2.36. The lowest BCUT2D eigenvalue weighted by molar-refractivity contribution is -0.132. The van der Waals surface area contributed by atoms with Crippen LogP contribution in [0.1, 0.15) is 29.3 Å². The highest BCUT2D eigenvalue weighted by atomic mass is 19.1. The minimum atomic E-state index is -1.11. The molecule has 2 aromatic rings. The number of hydrogen-bond donors (Lipinski definition) is 2. The van der Waals surface area contributed by atoms with E-state index in [2.05, 4.69) is 10.7 Å². The van der Waals surface area contributed by atoms with Crippen LogP contribution in [0.25, 0.3) is 0 Å². The SMILES string of the molecule is CC1(CCc2ccccc2)NC(=O)N(NC(=O)c2ccc(F)cc2)C1=O. The lowest BCUT2D eigenvalue weighted by Crippen LogP contribution is -2.48. The van der Waals surface area contributed by atoms with Crippen molar-refractivity contribution in [3.8, 4) is 0 Å². The number of hydrogen-bond acceptors (Lipinski definition) is 3. The van der Waals surface area contributed by atoms with Crippen molar-refractivity contribution in [3.63, 3.8) is 0 Å². The molecule has 1 aliphatic rings. The van der Waals surface area contributed by atoms with E-state index in [1.165, 1.54) is 12.1 Å². The van der Waals surface area contributed by atoms with Crippen LogP contribution in [-0.2, 0) is 11.2 Å². The van der Waals surface area contributed by atoms with Gasteiger partial charge in [-0.1, -0.05) is 30.3 Å². The second-order valence-electron chi connectivity index (χ2n) is 6.34.